The molecule has 4 aromatic rings. The maximum absolute atomic E-state index is 12.4. The molecular weight excluding hydrogens is 394 g/mol. The Kier molecular flexibility index (Phi) is 4.67. The van der Waals surface area contributed by atoms with E-state index in [4.69, 9.17) is 13.9 Å². The second-order valence-electron chi connectivity index (χ2n) is 7.24. The van der Waals surface area contributed by atoms with Gasteiger partial charge in [0.15, 0.2) is 6.73 Å². The van der Waals surface area contributed by atoms with Gasteiger partial charge in [0.1, 0.15) is 11.3 Å². The summed E-state index contributed by atoms with van der Waals surface area (Å²) in [6, 6.07) is 22.2. The van der Waals surface area contributed by atoms with Crippen LogP contribution in [0.25, 0.3) is 22.1 Å². The first kappa shape index (κ1) is 18.9. The highest BCUT2D eigenvalue weighted by molar-refractivity contribution is 5.97. The maximum atomic E-state index is 12.4. The molecule has 0 fully saturated rings. The summed E-state index contributed by atoms with van der Waals surface area (Å²) in [5.74, 6) is 0.241. The molecule has 1 aromatic heterocycles. The minimum atomic E-state index is -0.424. The summed E-state index contributed by atoms with van der Waals surface area (Å²) in [4.78, 5) is 26.6. The minimum Gasteiger partial charge on any atom is -0.473 e. The second-order valence-corrected chi connectivity index (χ2v) is 7.24. The van der Waals surface area contributed by atoms with Gasteiger partial charge in [0.25, 0.3) is 0 Å². The lowest BCUT2D eigenvalue weighted by Crippen LogP contribution is -2.33. The number of nitrogens with zero attached hydrogens (tertiary/aromatic N) is 1. The van der Waals surface area contributed by atoms with Crippen LogP contribution in [0.2, 0.25) is 0 Å². The van der Waals surface area contributed by atoms with Crippen LogP contribution in [0.4, 0.5) is 5.69 Å². The van der Waals surface area contributed by atoms with Crippen LogP contribution in [0.5, 0.6) is 5.75 Å². The van der Waals surface area contributed by atoms with E-state index in [1.165, 1.54) is 13.2 Å². The Morgan fingerprint density at radius 1 is 1.00 bits per heavy atom. The fourth-order valence-electron chi connectivity index (χ4n) is 3.98. The fourth-order valence-corrected chi connectivity index (χ4v) is 3.98. The smallest absolute Gasteiger partial charge is 0.339 e. The molecule has 1 aliphatic rings. The highest BCUT2D eigenvalue weighted by Crippen LogP contribution is 2.37. The number of carbonyl (C=O) groups excluding carboxylic acids is 1. The quantitative estimate of drug-likeness (QED) is 0.361. The Balaban J connectivity index is 1.65. The summed E-state index contributed by atoms with van der Waals surface area (Å²) in [6.07, 6.45) is 0. The summed E-state index contributed by atoms with van der Waals surface area (Å²) in [6.45, 7) is 0.678. The molecule has 6 heteroatoms. The molecular formula is C25H19NO5. The third-order valence-electron chi connectivity index (χ3n) is 5.43. The largest absolute Gasteiger partial charge is 0.473 e. The van der Waals surface area contributed by atoms with Crippen LogP contribution in [0, 0.1) is 0 Å². The number of hydrogen-bond acceptors (Lipinski definition) is 6. The Labute approximate surface area is 178 Å². The number of benzene rings is 3. The molecule has 1 aliphatic heterocycles. The van der Waals surface area contributed by atoms with Gasteiger partial charge in [-0.2, -0.15) is 0 Å². The number of methoxy groups -OCH3 is 1. The number of hydrogen-bond donors (Lipinski definition) is 0. The van der Waals surface area contributed by atoms with E-state index in [1.54, 1.807) is 12.1 Å². The monoisotopic (exact) mass is 413 g/mol. The van der Waals surface area contributed by atoms with Crippen molar-refractivity contribution in [2.24, 2.45) is 0 Å². The predicted octanol–water partition coefficient (Wildman–Crippen LogP) is 4.60. The van der Waals surface area contributed by atoms with Crippen molar-refractivity contribution in [3.8, 4) is 16.9 Å². The lowest BCUT2D eigenvalue weighted by molar-refractivity contribution is 0.0601. The van der Waals surface area contributed by atoms with Gasteiger partial charge in [0.2, 0.25) is 0 Å². The Hall–Kier alpha value is -4.06. The first-order valence-electron chi connectivity index (χ1n) is 9.86. The molecule has 0 bridgehead atoms. The number of rotatable bonds is 3. The van der Waals surface area contributed by atoms with Crippen LogP contribution in [0.1, 0.15) is 15.9 Å². The van der Waals surface area contributed by atoms with Gasteiger partial charge in [-0.3, -0.25) is 0 Å². The van der Waals surface area contributed by atoms with Crippen molar-refractivity contribution < 1.29 is 18.7 Å². The molecule has 0 spiro atoms. The van der Waals surface area contributed by atoms with E-state index in [2.05, 4.69) is 0 Å². The van der Waals surface area contributed by atoms with Crippen molar-refractivity contribution in [3.05, 3.63) is 94.3 Å². The average Bonchev–Trinajstić information content (AvgIpc) is 2.83. The van der Waals surface area contributed by atoms with E-state index in [-0.39, 0.29) is 6.73 Å². The number of para-hydroxylation sites is 1. The van der Waals surface area contributed by atoms with Crippen molar-refractivity contribution in [1.82, 2.24) is 0 Å². The lowest BCUT2D eigenvalue weighted by atomic mass is 9.99. The van der Waals surface area contributed by atoms with Crippen LogP contribution in [0.3, 0.4) is 0 Å². The molecule has 0 N–H and O–H groups in total. The Morgan fingerprint density at radius 3 is 2.58 bits per heavy atom. The van der Waals surface area contributed by atoms with E-state index < -0.39 is 11.6 Å². The summed E-state index contributed by atoms with van der Waals surface area (Å²) in [5.41, 5.74) is 3.71. The van der Waals surface area contributed by atoms with Gasteiger partial charge in [-0.1, -0.05) is 42.5 Å². The lowest BCUT2D eigenvalue weighted by Gasteiger charge is -2.32. The molecule has 6 nitrogen and oxygen atoms in total. The molecule has 0 aliphatic carbocycles. The van der Waals surface area contributed by atoms with Crippen LogP contribution in [-0.4, -0.2) is 19.8 Å². The van der Waals surface area contributed by atoms with Crippen molar-refractivity contribution in [2.75, 3.05) is 18.7 Å². The molecule has 0 saturated heterocycles. The fraction of sp³-hybridized carbons (Fsp3) is 0.120. The number of ether oxygens (including phenoxy) is 2. The number of esters is 1. The van der Waals surface area contributed by atoms with Gasteiger partial charge < -0.3 is 18.8 Å². The van der Waals surface area contributed by atoms with E-state index in [0.717, 1.165) is 22.1 Å². The van der Waals surface area contributed by atoms with Gasteiger partial charge in [0, 0.05) is 11.5 Å². The van der Waals surface area contributed by atoms with E-state index >= 15 is 0 Å². The first-order chi connectivity index (χ1) is 15.2. The van der Waals surface area contributed by atoms with E-state index in [9.17, 15) is 9.59 Å². The zero-order chi connectivity index (χ0) is 21.4. The van der Waals surface area contributed by atoms with Crippen LogP contribution >= 0.6 is 0 Å². The van der Waals surface area contributed by atoms with E-state index in [1.807, 2.05) is 59.5 Å². The molecule has 0 atom stereocenters. The molecule has 154 valence electrons. The molecule has 0 radical (unpaired) electrons. The highest BCUT2D eigenvalue weighted by Gasteiger charge is 2.25. The zero-order valence-electron chi connectivity index (χ0n) is 16.8. The summed E-state index contributed by atoms with van der Waals surface area (Å²) < 4.78 is 16.5. The second kappa shape index (κ2) is 7.65. The number of carbonyl (C=O) groups is 1. The first-order valence-corrected chi connectivity index (χ1v) is 9.86. The van der Waals surface area contributed by atoms with Crippen molar-refractivity contribution >= 4 is 22.6 Å². The molecule has 0 amide bonds. The van der Waals surface area contributed by atoms with Crippen LogP contribution in [0.15, 0.2) is 82.0 Å². The molecule has 0 saturated carbocycles. The van der Waals surface area contributed by atoms with Crippen LogP contribution < -0.4 is 15.3 Å². The number of anilines is 1. The van der Waals surface area contributed by atoms with Gasteiger partial charge in [0.05, 0.1) is 30.5 Å². The minimum absolute atomic E-state index is 0.259. The summed E-state index contributed by atoms with van der Waals surface area (Å²) in [7, 11) is 1.36. The van der Waals surface area contributed by atoms with Crippen LogP contribution in [-0.2, 0) is 11.3 Å². The third kappa shape index (κ3) is 3.32. The van der Waals surface area contributed by atoms with Crippen molar-refractivity contribution in [1.29, 1.82) is 0 Å². The zero-order valence-corrected chi connectivity index (χ0v) is 16.8. The summed E-state index contributed by atoms with van der Waals surface area (Å²) >= 11 is 0. The van der Waals surface area contributed by atoms with Gasteiger partial charge >= 0.3 is 11.6 Å². The molecule has 3 aromatic carbocycles. The normalized spacial score (nSPS) is 12.9. The average molecular weight is 413 g/mol. The van der Waals surface area contributed by atoms with Gasteiger partial charge in [-0.25, -0.2) is 9.59 Å². The van der Waals surface area contributed by atoms with Crippen molar-refractivity contribution in [2.45, 2.75) is 6.54 Å². The molecule has 31 heavy (non-hydrogen) atoms. The number of fused-ring (bicyclic) bond motifs is 3. The van der Waals surface area contributed by atoms with Gasteiger partial charge in [-0.15, -0.1) is 0 Å². The molecule has 2 heterocycles. The molecule has 5 rings (SSSR count). The molecule has 0 unspecified atom stereocenters. The maximum Gasteiger partial charge on any atom is 0.339 e. The third-order valence-corrected chi connectivity index (χ3v) is 5.43. The SMILES string of the molecule is COC(=O)c1ccccc1N1COc2ccc3c(-c4ccccc4)cc(=O)oc3c2C1. The Morgan fingerprint density at radius 2 is 1.77 bits per heavy atom. The van der Waals surface area contributed by atoms with E-state index in [0.29, 0.717) is 29.1 Å². The highest BCUT2D eigenvalue weighted by atomic mass is 16.5. The van der Waals surface area contributed by atoms with Gasteiger partial charge in [-0.05, 0) is 35.4 Å². The van der Waals surface area contributed by atoms with Crippen molar-refractivity contribution in [3.63, 3.8) is 0 Å². The summed E-state index contributed by atoms with van der Waals surface area (Å²) in [5, 5.41) is 0.830. The Bertz CT molecular complexity index is 1340. The standard InChI is InChI=1S/C25H19NO5/c1-29-25(28)18-9-5-6-10-21(18)26-14-20-22(30-15-26)12-11-17-19(13-23(27)31-24(17)20)16-7-3-2-4-8-16/h2-13H,14-15H2,1H3. The predicted molar refractivity (Wildman–Crippen MR) is 117 cm³/mol. The topological polar surface area (TPSA) is 69.0 Å².